The number of halogens is 2. The van der Waals surface area contributed by atoms with Gasteiger partial charge in [-0.05, 0) is 19.2 Å². The van der Waals surface area contributed by atoms with Gasteiger partial charge < -0.3 is 5.32 Å². The Labute approximate surface area is 107 Å². The Morgan fingerprint density at radius 2 is 1.88 bits per heavy atom. The first kappa shape index (κ1) is 15.7. The number of sulfonamides is 1. The molecule has 0 amide bonds. The third-order valence-corrected chi connectivity index (χ3v) is 3.75. The molecule has 4 nitrogen and oxygen atoms in total. The van der Waals surface area contributed by atoms with Gasteiger partial charge in [0.2, 0.25) is 10.0 Å². The Hall–Kier alpha value is -0.330. The fourth-order valence-corrected chi connectivity index (χ4v) is 2.60. The van der Waals surface area contributed by atoms with Crippen LogP contribution in [0.3, 0.4) is 0 Å². The molecule has 0 unspecified atom stereocenters. The van der Waals surface area contributed by atoms with Gasteiger partial charge in [0.15, 0.2) is 0 Å². The quantitative estimate of drug-likeness (QED) is 0.801. The number of benzene rings is 1. The van der Waals surface area contributed by atoms with Crippen molar-refractivity contribution in [2.24, 2.45) is 0 Å². The summed E-state index contributed by atoms with van der Waals surface area (Å²) in [6, 6.07) is 6.35. The van der Waals surface area contributed by atoms with Gasteiger partial charge in [0, 0.05) is 13.1 Å². The summed E-state index contributed by atoms with van der Waals surface area (Å²) in [5.74, 6) is 0. The van der Waals surface area contributed by atoms with Crippen LogP contribution in [-0.2, 0) is 10.0 Å². The predicted octanol–water partition coefficient (Wildman–Crippen LogP) is 1.26. The zero-order chi connectivity index (χ0) is 11.3. The third kappa shape index (κ3) is 4.27. The second-order valence-electron chi connectivity index (χ2n) is 2.93. The van der Waals surface area contributed by atoms with Crippen molar-refractivity contribution in [2.45, 2.75) is 4.90 Å². The normalized spacial score (nSPS) is 10.9. The van der Waals surface area contributed by atoms with Crippen LogP contribution in [0.1, 0.15) is 0 Å². The number of nitrogens with one attached hydrogen (secondary N) is 2. The molecule has 0 saturated carbocycles. The van der Waals surface area contributed by atoms with E-state index < -0.39 is 10.0 Å². The van der Waals surface area contributed by atoms with E-state index in [1.165, 1.54) is 6.07 Å². The minimum Gasteiger partial charge on any atom is -0.318 e. The molecule has 0 aromatic heterocycles. The molecule has 1 aromatic rings. The topological polar surface area (TPSA) is 58.2 Å². The summed E-state index contributed by atoms with van der Waals surface area (Å²) < 4.78 is 25.9. The zero-order valence-electron chi connectivity index (χ0n) is 8.73. The van der Waals surface area contributed by atoms with Gasteiger partial charge in [0.25, 0.3) is 0 Å². The molecule has 0 bridgehead atoms. The molecule has 0 spiro atoms. The van der Waals surface area contributed by atoms with Gasteiger partial charge in [-0.3, -0.25) is 0 Å². The van der Waals surface area contributed by atoms with Crippen molar-refractivity contribution in [1.29, 1.82) is 0 Å². The zero-order valence-corrected chi connectivity index (χ0v) is 11.1. The molecule has 7 heteroatoms. The number of hydrogen-bond donors (Lipinski definition) is 2. The van der Waals surface area contributed by atoms with Gasteiger partial charge in [-0.1, -0.05) is 23.7 Å². The number of likely N-dealkylation sites (N-methyl/N-ethyl adjacent to an activating group) is 1. The highest BCUT2D eigenvalue weighted by molar-refractivity contribution is 7.89. The van der Waals surface area contributed by atoms with Gasteiger partial charge in [-0.15, -0.1) is 12.4 Å². The fourth-order valence-electron chi connectivity index (χ4n) is 1.05. The Morgan fingerprint density at radius 3 is 2.44 bits per heavy atom. The van der Waals surface area contributed by atoms with E-state index in [0.717, 1.165) is 0 Å². The molecular formula is C9H14Cl2N2O2S. The first-order valence-corrected chi connectivity index (χ1v) is 6.33. The summed E-state index contributed by atoms with van der Waals surface area (Å²) in [5, 5.41) is 3.08. The van der Waals surface area contributed by atoms with Crippen LogP contribution in [0.2, 0.25) is 5.02 Å². The predicted molar refractivity (Wildman–Crippen MR) is 67.8 cm³/mol. The second-order valence-corrected chi connectivity index (χ2v) is 5.07. The molecule has 0 fully saturated rings. The summed E-state index contributed by atoms with van der Waals surface area (Å²) in [6.45, 7) is 0.910. The van der Waals surface area contributed by atoms with Crippen LogP contribution >= 0.6 is 24.0 Å². The largest absolute Gasteiger partial charge is 0.318 e. The molecule has 2 N–H and O–H groups in total. The van der Waals surface area contributed by atoms with E-state index in [0.29, 0.717) is 13.1 Å². The van der Waals surface area contributed by atoms with Crippen LogP contribution in [0.25, 0.3) is 0 Å². The van der Waals surface area contributed by atoms with E-state index in [1.54, 1.807) is 25.2 Å². The van der Waals surface area contributed by atoms with E-state index in [-0.39, 0.29) is 22.3 Å². The smallest absolute Gasteiger partial charge is 0.242 e. The van der Waals surface area contributed by atoms with E-state index in [2.05, 4.69) is 10.0 Å². The average Bonchev–Trinajstić information content (AvgIpc) is 2.18. The van der Waals surface area contributed by atoms with E-state index >= 15 is 0 Å². The monoisotopic (exact) mass is 284 g/mol. The lowest BCUT2D eigenvalue weighted by atomic mass is 10.4. The minimum atomic E-state index is -3.49. The van der Waals surface area contributed by atoms with Crippen LogP contribution in [0, 0.1) is 0 Å². The molecule has 0 aliphatic carbocycles. The first-order valence-electron chi connectivity index (χ1n) is 4.47. The van der Waals surface area contributed by atoms with Gasteiger partial charge in [-0.25, -0.2) is 13.1 Å². The standard InChI is InChI=1S/C9H13ClN2O2S.ClH/c1-11-6-7-12-15(13,14)9-5-3-2-4-8(9)10;/h2-5,11-12H,6-7H2,1H3;1H. The van der Waals surface area contributed by atoms with Crippen molar-refractivity contribution in [3.05, 3.63) is 29.3 Å². The van der Waals surface area contributed by atoms with Crippen LogP contribution in [0.4, 0.5) is 0 Å². The Kier molecular flexibility index (Phi) is 6.94. The SMILES string of the molecule is CNCCNS(=O)(=O)c1ccccc1Cl.Cl. The summed E-state index contributed by atoms with van der Waals surface area (Å²) >= 11 is 5.79. The van der Waals surface area contributed by atoms with Gasteiger partial charge in [0.05, 0.1) is 5.02 Å². The molecule has 0 aliphatic heterocycles. The summed E-state index contributed by atoms with van der Waals surface area (Å²) in [7, 11) is -1.73. The number of hydrogen-bond acceptors (Lipinski definition) is 3. The van der Waals surface area contributed by atoms with Crippen LogP contribution in [0.5, 0.6) is 0 Å². The molecule has 0 aliphatic rings. The van der Waals surface area contributed by atoms with Crippen LogP contribution < -0.4 is 10.0 Å². The Morgan fingerprint density at radius 1 is 1.25 bits per heavy atom. The van der Waals surface area contributed by atoms with Gasteiger partial charge >= 0.3 is 0 Å². The van der Waals surface area contributed by atoms with Crippen molar-refractivity contribution >= 4 is 34.0 Å². The molecule has 1 aromatic carbocycles. The highest BCUT2D eigenvalue weighted by Crippen LogP contribution is 2.19. The molecular weight excluding hydrogens is 271 g/mol. The maximum absolute atomic E-state index is 11.7. The third-order valence-electron chi connectivity index (χ3n) is 1.79. The molecule has 0 radical (unpaired) electrons. The maximum Gasteiger partial charge on any atom is 0.242 e. The molecule has 0 atom stereocenters. The average molecular weight is 285 g/mol. The maximum atomic E-state index is 11.7. The fraction of sp³-hybridized carbons (Fsp3) is 0.333. The summed E-state index contributed by atoms with van der Waals surface area (Å²) in [5.41, 5.74) is 0. The van der Waals surface area contributed by atoms with Crippen molar-refractivity contribution in [3.8, 4) is 0 Å². The second kappa shape index (κ2) is 7.09. The highest BCUT2D eigenvalue weighted by Gasteiger charge is 2.15. The van der Waals surface area contributed by atoms with Crippen molar-refractivity contribution < 1.29 is 8.42 Å². The highest BCUT2D eigenvalue weighted by atomic mass is 35.5. The van der Waals surface area contributed by atoms with E-state index in [9.17, 15) is 8.42 Å². The van der Waals surface area contributed by atoms with E-state index in [1.807, 2.05) is 0 Å². The molecule has 92 valence electrons. The summed E-state index contributed by atoms with van der Waals surface area (Å²) in [4.78, 5) is 0.114. The molecule has 1 rings (SSSR count). The van der Waals surface area contributed by atoms with Crippen LogP contribution in [-0.4, -0.2) is 28.6 Å². The lowest BCUT2D eigenvalue weighted by Gasteiger charge is -2.07. The summed E-state index contributed by atoms with van der Waals surface area (Å²) in [6.07, 6.45) is 0. The van der Waals surface area contributed by atoms with Crippen molar-refractivity contribution in [1.82, 2.24) is 10.0 Å². The lowest BCUT2D eigenvalue weighted by molar-refractivity contribution is 0.579. The minimum absolute atomic E-state index is 0. The molecule has 16 heavy (non-hydrogen) atoms. The van der Waals surface area contributed by atoms with Gasteiger partial charge in [0.1, 0.15) is 4.90 Å². The Bertz CT molecular complexity index is 423. The van der Waals surface area contributed by atoms with Crippen molar-refractivity contribution in [2.75, 3.05) is 20.1 Å². The lowest BCUT2D eigenvalue weighted by Crippen LogP contribution is -2.30. The van der Waals surface area contributed by atoms with Crippen LogP contribution in [0.15, 0.2) is 29.2 Å². The van der Waals surface area contributed by atoms with E-state index in [4.69, 9.17) is 11.6 Å². The van der Waals surface area contributed by atoms with Crippen molar-refractivity contribution in [3.63, 3.8) is 0 Å². The number of rotatable bonds is 5. The first-order chi connectivity index (χ1) is 7.08. The molecule has 0 saturated heterocycles. The van der Waals surface area contributed by atoms with Gasteiger partial charge in [-0.2, -0.15) is 0 Å². The molecule has 0 heterocycles. The Balaban J connectivity index is 0.00000225.